The summed E-state index contributed by atoms with van der Waals surface area (Å²) in [5.41, 5.74) is 3.42. The molecule has 0 radical (unpaired) electrons. The van der Waals surface area contributed by atoms with Gasteiger partial charge in [-0.15, -0.1) is 0 Å². The molecular weight excluding hydrogens is 332 g/mol. The zero-order valence-corrected chi connectivity index (χ0v) is 16.4. The van der Waals surface area contributed by atoms with Gasteiger partial charge in [-0.05, 0) is 42.9 Å². The second-order valence-electron chi connectivity index (χ2n) is 6.45. The van der Waals surface area contributed by atoms with Gasteiger partial charge in [0.15, 0.2) is 5.12 Å². The Balaban J connectivity index is 2.10. The van der Waals surface area contributed by atoms with Gasteiger partial charge >= 0.3 is 0 Å². The maximum Gasteiger partial charge on any atom is 0.230 e. The molecule has 0 aliphatic heterocycles. The molecule has 0 aliphatic rings. The fraction of sp³-hybridized carbons (Fsp3) is 0.500. The minimum absolute atomic E-state index is 0.0278. The van der Waals surface area contributed by atoms with Crippen molar-refractivity contribution >= 4 is 28.5 Å². The fourth-order valence-electron chi connectivity index (χ4n) is 2.30. The van der Waals surface area contributed by atoms with Gasteiger partial charge in [-0.25, -0.2) is 0 Å². The van der Waals surface area contributed by atoms with Crippen LogP contribution in [0.1, 0.15) is 57.9 Å². The number of amides is 1. The van der Waals surface area contributed by atoms with Crippen LogP contribution in [0.3, 0.4) is 0 Å². The highest BCUT2D eigenvalue weighted by Crippen LogP contribution is 2.19. The van der Waals surface area contributed by atoms with Crippen LogP contribution in [0.4, 0.5) is 5.69 Å². The molecule has 5 heteroatoms. The Morgan fingerprint density at radius 1 is 1.12 bits per heavy atom. The van der Waals surface area contributed by atoms with Gasteiger partial charge in [-0.3, -0.25) is 9.59 Å². The average Bonchev–Trinajstić information content (AvgIpc) is 2.56. The Bertz CT molecular complexity index is 568. The molecule has 0 atom stereocenters. The van der Waals surface area contributed by atoms with E-state index in [9.17, 15) is 9.59 Å². The normalized spacial score (nSPS) is 10.6. The van der Waals surface area contributed by atoms with Crippen LogP contribution in [0.15, 0.2) is 36.5 Å². The minimum atomic E-state index is -0.0730. The van der Waals surface area contributed by atoms with E-state index in [1.54, 1.807) is 0 Å². The van der Waals surface area contributed by atoms with Crippen molar-refractivity contribution in [2.24, 2.45) is 0 Å². The summed E-state index contributed by atoms with van der Waals surface area (Å²) in [6, 6.07) is 8.48. The molecule has 0 aliphatic carbocycles. The van der Waals surface area contributed by atoms with E-state index in [1.807, 2.05) is 0 Å². The van der Waals surface area contributed by atoms with Crippen LogP contribution in [-0.2, 0) is 9.59 Å². The van der Waals surface area contributed by atoms with Crippen molar-refractivity contribution in [2.75, 3.05) is 17.6 Å². The summed E-state index contributed by atoms with van der Waals surface area (Å²) in [7, 11) is 0. The fourth-order valence-corrected chi connectivity index (χ4v) is 2.74. The van der Waals surface area contributed by atoms with Crippen LogP contribution in [0, 0.1) is 0 Å². The lowest BCUT2D eigenvalue weighted by molar-refractivity contribution is -0.118. The van der Waals surface area contributed by atoms with Gasteiger partial charge in [0, 0.05) is 24.9 Å². The van der Waals surface area contributed by atoms with E-state index in [1.165, 1.54) is 12.5 Å². The van der Waals surface area contributed by atoms with Gasteiger partial charge in [0.2, 0.25) is 5.91 Å². The SMILES string of the molecule is C=C(CCCCCNC(=O)CSC(C)=O)Nc1ccc(C(C)C)cc1. The van der Waals surface area contributed by atoms with Gasteiger partial charge < -0.3 is 10.6 Å². The molecule has 138 valence electrons. The largest absolute Gasteiger partial charge is 0.359 e. The van der Waals surface area contributed by atoms with E-state index in [0.717, 1.165) is 48.8 Å². The molecule has 1 rings (SSSR count). The molecule has 0 aromatic heterocycles. The number of anilines is 1. The minimum Gasteiger partial charge on any atom is -0.359 e. The highest BCUT2D eigenvalue weighted by molar-refractivity contribution is 8.14. The van der Waals surface area contributed by atoms with E-state index in [4.69, 9.17) is 0 Å². The molecule has 0 saturated carbocycles. The third kappa shape index (κ3) is 9.97. The Hall–Kier alpha value is -1.75. The lowest BCUT2D eigenvalue weighted by Crippen LogP contribution is -2.26. The monoisotopic (exact) mass is 362 g/mol. The van der Waals surface area contributed by atoms with Crippen molar-refractivity contribution in [1.82, 2.24) is 5.32 Å². The molecule has 25 heavy (non-hydrogen) atoms. The number of thioether (sulfide) groups is 1. The topological polar surface area (TPSA) is 58.2 Å². The average molecular weight is 363 g/mol. The van der Waals surface area contributed by atoms with E-state index in [2.05, 4.69) is 55.3 Å². The number of unbranched alkanes of at least 4 members (excludes halogenated alkanes) is 2. The highest BCUT2D eigenvalue weighted by atomic mass is 32.2. The first-order valence-corrected chi connectivity index (χ1v) is 9.82. The van der Waals surface area contributed by atoms with Crippen LogP contribution in [0.2, 0.25) is 0 Å². The number of hydrogen-bond acceptors (Lipinski definition) is 4. The van der Waals surface area contributed by atoms with Crippen molar-refractivity contribution in [3.05, 3.63) is 42.1 Å². The van der Waals surface area contributed by atoms with Crippen LogP contribution < -0.4 is 10.6 Å². The molecule has 0 spiro atoms. The first-order chi connectivity index (χ1) is 11.9. The molecule has 4 nitrogen and oxygen atoms in total. The van der Waals surface area contributed by atoms with Gasteiger partial charge in [-0.2, -0.15) is 0 Å². The van der Waals surface area contributed by atoms with Crippen LogP contribution in [0.5, 0.6) is 0 Å². The number of allylic oxidation sites excluding steroid dienone is 1. The molecule has 1 amide bonds. The molecule has 1 aromatic rings. The molecule has 0 heterocycles. The predicted molar refractivity (Wildman–Crippen MR) is 108 cm³/mol. The second kappa shape index (κ2) is 11.7. The first kappa shape index (κ1) is 21.3. The lowest BCUT2D eigenvalue weighted by Gasteiger charge is -2.11. The van der Waals surface area contributed by atoms with Gasteiger partial charge in [0.25, 0.3) is 0 Å². The third-order valence-electron chi connectivity index (χ3n) is 3.78. The van der Waals surface area contributed by atoms with E-state index in [-0.39, 0.29) is 16.8 Å². The zero-order chi connectivity index (χ0) is 18.7. The highest BCUT2D eigenvalue weighted by Gasteiger charge is 2.03. The summed E-state index contributed by atoms with van der Waals surface area (Å²) in [5.74, 6) is 0.681. The predicted octanol–water partition coefficient (Wildman–Crippen LogP) is 4.69. The summed E-state index contributed by atoms with van der Waals surface area (Å²) < 4.78 is 0. The number of hydrogen-bond donors (Lipinski definition) is 2. The Kier molecular flexibility index (Phi) is 10.0. The van der Waals surface area contributed by atoms with Crippen molar-refractivity contribution in [3.63, 3.8) is 0 Å². The van der Waals surface area contributed by atoms with E-state index < -0.39 is 0 Å². The number of carbonyl (C=O) groups excluding carboxylic acids is 2. The number of carbonyl (C=O) groups is 2. The van der Waals surface area contributed by atoms with E-state index in [0.29, 0.717) is 12.5 Å². The van der Waals surface area contributed by atoms with Crippen LogP contribution >= 0.6 is 11.8 Å². The first-order valence-electron chi connectivity index (χ1n) is 8.83. The van der Waals surface area contributed by atoms with Crippen molar-refractivity contribution < 1.29 is 9.59 Å². The molecular formula is C20H30N2O2S. The van der Waals surface area contributed by atoms with E-state index >= 15 is 0 Å². The van der Waals surface area contributed by atoms with Crippen molar-refractivity contribution in [3.8, 4) is 0 Å². The van der Waals surface area contributed by atoms with Crippen molar-refractivity contribution in [2.45, 2.75) is 52.4 Å². The summed E-state index contributed by atoms with van der Waals surface area (Å²) in [6.45, 7) is 10.6. The van der Waals surface area contributed by atoms with Crippen molar-refractivity contribution in [1.29, 1.82) is 0 Å². The Morgan fingerprint density at radius 3 is 2.40 bits per heavy atom. The molecule has 0 bridgehead atoms. The summed E-state index contributed by atoms with van der Waals surface area (Å²) in [5, 5.41) is 6.15. The third-order valence-corrected chi connectivity index (χ3v) is 4.60. The maximum absolute atomic E-state index is 11.4. The van der Waals surface area contributed by atoms with Gasteiger partial charge in [0.1, 0.15) is 0 Å². The van der Waals surface area contributed by atoms with Crippen LogP contribution in [-0.4, -0.2) is 23.3 Å². The zero-order valence-electron chi connectivity index (χ0n) is 15.6. The molecule has 0 saturated heterocycles. The molecule has 2 N–H and O–H groups in total. The Labute approximate surface area is 155 Å². The maximum atomic E-state index is 11.4. The summed E-state index contributed by atoms with van der Waals surface area (Å²) in [6.07, 6.45) is 3.92. The quantitative estimate of drug-likeness (QED) is 0.561. The number of nitrogens with one attached hydrogen (secondary N) is 2. The van der Waals surface area contributed by atoms with Gasteiger partial charge in [0.05, 0.1) is 5.75 Å². The molecule has 0 fully saturated rings. The summed E-state index contributed by atoms with van der Waals surface area (Å²) >= 11 is 1.04. The number of benzene rings is 1. The van der Waals surface area contributed by atoms with Crippen LogP contribution in [0.25, 0.3) is 0 Å². The number of rotatable bonds is 11. The second-order valence-corrected chi connectivity index (χ2v) is 7.60. The molecule has 1 aromatic carbocycles. The standard InChI is InChI=1S/C20H30N2O2S/c1-15(2)18-9-11-19(12-10-18)22-16(3)8-6-5-7-13-21-20(24)14-25-17(4)23/h9-12,15,22H,3,5-8,13-14H2,1-2,4H3,(H,21,24). The van der Waals surface area contributed by atoms with Gasteiger partial charge in [-0.1, -0.05) is 50.7 Å². The summed E-state index contributed by atoms with van der Waals surface area (Å²) in [4.78, 5) is 22.2. The molecule has 0 unspecified atom stereocenters. The smallest absolute Gasteiger partial charge is 0.230 e. The Morgan fingerprint density at radius 2 is 1.80 bits per heavy atom. The lowest BCUT2D eigenvalue weighted by atomic mass is 10.0.